The van der Waals surface area contributed by atoms with Crippen LogP contribution in [-0.2, 0) is 10.7 Å². The predicted molar refractivity (Wildman–Crippen MR) is 140 cm³/mol. The van der Waals surface area contributed by atoms with Gasteiger partial charge in [-0.1, -0.05) is 0 Å². The van der Waals surface area contributed by atoms with E-state index < -0.39 is 7.32 Å². The fraction of sp³-hybridized carbons (Fsp3) is 0.381. The minimum absolute atomic E-state index is 0.0394. The zero-order chi connectivity index (χ0) is 22.7. The van der Waals surface area contributed by atoms with Crippen LogP contribution in [0.5, 0.6) is 0 Å². The van der Waals surface area contributed by atoms with Gasteiger partial charge in [0.15, 0.2) is 0 Å². The quantitative estimate of drug-likeness (QED) is 0.144. The molecule has 7 nitrogen and oxygen atoms in total. The van der Waals surface area contributed by atoms with Gasteiger partial charge in [-0.2, -0.15) is 0 Å². The second-order valence-electron chi connectivity index (χ2n) is 7.92. The zero-order valence-corrected chi connectivity index (χ0v) is 22.2. The molecule has 0 aliphatic heterocycles. The molecule has 11 heteroatoms. The van der Waals surface area contributed by atoms with Gasteiger partial charge in [-0.3, -0.25) is 0 Å². The third-order valence-electron chi connectivity index (χ3n) is 5.53. The molecule has 1 fully saturated rings. The third kappa shape index (κ3) is 5.90. The minimum Gasteiger partial charge on any atom is 0.00682 e. The maximum atomic E-state index is 13.3. The number of hydrogen-bond donors (Lipinski definition) is 3. The number of halogens is 1. The number of aliphatic hydroxyl groups is 1. The van der Waals surface area contributed by atoms with Crippen LogP contribution in [0.25, 0.3) is 0 Å². The number of hydrogen-bond acceptors (Lipinski definition) is 7. The van der Waals surface area contributed by atoms with E-state index in [1.165, 1.54) is 23.2 Å². The van der Waals surface area contributed by atoms with Crippen molar-refractivity contribution < 1.29 is 14.1 Å². The first kappa shape index (κ1) is 24.1. The number of aryl methyl sites for hydroxylation is 1. The molecule has 32 heavy (non-hydrogen) atoms. The number of aliphatic hydroxyl groups excluding tert-OH is 1. The Morgan fingerprint density at radius 3 is 3.06 bits per heavy atom. The fourth-order valence-corrected chi connectivity index (χ4v) is 6.60. The van der Waals surface area contributed by atoms with Gasteiger partial charge in [0.05, 0.1) is 0 Å². The largest absolute Gasteiger partial charge is 0.00682 e. The number of carbonyl (C=O) groups excluding carboxylic acids is 1. The Morgan fingerprint density at radius 1 is 1.50 bits per heavy atom. The molecular formula is C21H24IN4O3PS2. The summed E-state index contributed by atoms with van der Waals surface area (Å²) in [6.07, 6.45) is 8.54. The van der Waals surface area contributed by atoms with Crippen molar-refractivity contribution in [2.24, 2.45) is 5.92 Å². The van der Waals surface area contributed by atoms with Crippen molar-refractivity contribution in [1.29, 1.82) is 0 Å². The average Bonchev–Trinajstić information content (AvgIpc) is 3.48. The molecule has 3 heterocycles. The van der Waals surface area contributed by atoms with Crippen molar-refractivity contribution in [1.82, 2.24) is 14.5 Å². The number of thiophene rings is 1. The standard InChI is InChI=1S/C21H24IN4O3PS2/c1-13-2-3-26(8-13)9-14-4-19(31-11-14)20(28)17-7-23-12-24-21(17)25-16-5-15(10-27)18(6-16)29-32(22)30/h2-4,7-8,11-12,15-16,18,27,32H,5-6,9-10H2,1H3,(H,23,24,25)/t15-,16-,18+/m1/s1. The van der Waals surface area contributed by atoms with Crippen molar-refractivity contribution in [2.75, 3.05) is 11.9 Å². The molecule has 170 valence electrons. The van der Waals surface area contributed by atoms with E-state index in [2.05, 4.69) is 68.1 Å². The van der Waals surface area contributed by atoms with Crippen LogP contribution in [0.15, 0.2) is 42.4 Å². The molecule has 1 saturated carbocycles. The van der Waals surface area contributed by atoms with Crippen LogP contribution >= 0.6 is 47.7 Å². The molecule has 1 aliphatic rings. The SMILES string of the molecule is Cc1ccn(Cc2csc(C(=O)c3cncnc3N[C@@H]3C[C@H](CO)[C@@H](O[SH](#P)I)C3)c2)c1. The number of thiol groups is 1. The van der Waals surface area contributed by atoms with Crippen molar-refractivity contribution in [3.8, 4) is 0 Å². The monoisotopic (exact) mass is 602 g/mol. The minimum atomic E-state index is -0.839. The molecule has 3 aromatic rings. The van der Waals surface area contributed by atoms with Crippen LogP contribution in [-0.4, -0.2) is 44.2 Å². The molecule has 1 unspecified atom stereocenters. The van der Waals surface area contributed by atoms with E-state index in [1.54, 1.807) is 6.20 Å². The summed E-state index contributed by atoms with van der Waals surface area (Å²) >= 11 is 3.59. The molecule has 0 radical (unpaired) electrons. The van der Waals surface area contributed by atoms with Gasteiger partial charge >= 0.3 is 166 Å². The molecule has 1 aliphatic carbocycles. The van der Waals surface area contributed by atoms with Crippen molar-refractivity contribution in [3.05, 3.63) is 64.0 Å². The molecule has 4 atom stereocenters. The smallest absolute Gasteiger partial charge is 0.00682 e. The number of nitrogens with zero attached hydrogens (tertiary/aromatic N) is 3. The van der Waals surface area contributed by atoms with Gasteiger partial charge < -0.3 is 4.57 Å². The van der Waals surface area contributed by atoms with Crippen LogP contribution < -0.4 is 5.32 Å². The topological polar surface area (TPSA) is 89.3 Å². The maximum absolute atomic E-state index is 13.3. The van der Waals surface area contributed by atoms with Crippen molar-refractivity contribution in [2.45, 2.75) is 38.5 Å². The molecule has 0 saturated heterocycles. The van der Waals surface area contributed by atoms with E-state index in [0.717, 1.165) is 24.9 Å². The number of rotatable bonds is 8. The Balaban J connectivity index is 1.48. The fourth-order valence-electron chi connectivity index (χ4n) is 4.02. The normalized spacial score (nSPS) is 21.5. The molecule has 0 amide bonds. The second-order valence-corrected chi connectivity index (χ2v) is 15.5. The van der Waals surface area contributed by atoms with Crippen LogP contribution in [0.1, 0.15) is 39.2 Å². The molecule has 2 N–H and O–H groups in total. The van der Waals surface area contributed by atoms with Crippen LogP contribution in [0.2, 0.25) is 0 Å². The summed E-state index contributed by atoms with van der Waals surface area (Å²) in [6, 6.07) is 4.06. The number of ketones is 1. The van der Waals surface area contributed by atoms with Crippen molar-refractivity contribution in [3.63, 3.8) is 0 Å². The van der Waals surface area contributed by atoms with E-state index >= 15 is 0 Å². The average molecular weight is 602 g/mol. The summed E-state index contributed by atoms with van der Waals surface area (Å²) in [4.78, 5) is 22.3. The molecule has 0 spiro atoms. The first-order valence-corrected chi connectivity index (χ1v) is 16.2. The van der Waals surface area contributed by atoms with Gasteiger partial charge in [0, 0.05) is 18.9 Å². The van der Waals surface area contributed by atoms with Gasteiger partial charge in [0.25, 0.3) is 0 Å². The molecule has 0 aromatic carbocycles. The van der Waals surface area contributed by atoms with Crippen LogP contribution in [0.4, 0.5) is 5.82 Å². The molecule has 3 aromatic heterocycles. The summed E-state index contributed by atoms with van der Waals surface area (Å²) in [6.45, 7) is 2.85. The Bertz CT molecular complexity index is 1180. The van der Waals surface area contributed by atoms with Gasteiger partial charge in [-0.25, -0.2) is 0 Å². The number of carbonyl (C=O) groups is 1. The summed E-state index contributed by atoms with van der Waals surface area (Å²) in [5.74, 6) is 0.465. The van der Waals surface area contributed by atoms with E-state index in [4.69, 9.17) is 4.18 Å². The Kier molecular flexibility index (Phi) is 8.23. The summed E-state index contributed by atoms with van der Waals surface area (Å²) < 4.78 is 8.00. The Labute approximate surface area is 207 Å². The van der Waals surface area contributed by atoms with E-state index in [9.17, 15) is 9.90 Å². The van der Waals surface area contributed by atoms with Gasteiger partial charge in [0.2, 0.25) is 0 Å². The van der Waals surface area contributed by atoms with Gasteiger partial charge in [-0.05, 0) is 18.6 Å². The molecule has 4 rings (SSSR count). The maximum Gasteiger partial charge on any atom is 0.00682 e. The second kappa shape index (κ2) is 10.9. The predicted octanol–water partition coefficient (Wildman–Crippen LogP) is 5.09. The molecular weight excluding hydrogens is 578 g/mol. The first-order chi connectivity index (χ1) is 15.4. The van der Waals surface area contributed by atoms with Crippen LogP contribution in [0.3, 0.4) is 0 Å². The van der Waals surface area contributed by atoms with E-state index in [0.29, 0.717) is 16.3 Å². The summed E-state index contributed by atoms with van der Waals surface area (Å²) in [5, 5.41) is 15.1. The van der Waals surface area contributed by atoms with Gasteiger partial charge in [-0.15, -0.1) is 0 Å². The zero-order valence-electron chi connectivity index (χ0n) is 17.4. The first-order valence-electron chi connectivity index (χ1n) is 10.2. The Hall–Kier alpha value is -1.04. The molecule has 0 bridgehead atoms. The van der Waals surface area contributed by atoms with E-state index in [-0.39, 0.29) is 30.5 Å². The van der Waals surface area contributed by atoms with Crippen LogP contribution in [0, 0.1) is 12.8 Å². The number of nitrogens with one attached hydrogen (secondary N) is 1. The summed E-state index contributed by atoms with van der Waals surface area (Å²) in [7, 11) is 3.52. The Morgan fingerprint density at radius 2 is 2.34 bits per heavy atom. The van der Waals surface area contributed by atoms with Gasteiger partial charge in [0.1, 0.15) is 0 Å². The number of aromatic nitrogens is 3. The number of anilines is 1. The van der Waals surface area contributed by atoms with Crippen molar-refractivity contribution >= 4 is 59.3 Å². The third-order valence-corrected chi connectivity index (χ3v) is 7.91. The van der Waals surface area contributed by atoms with E-state index in [1.807, 2.05) is 17.6 Å². The summed E-state index contributed by atoms with van der Waals surface area (Å²) in [5.41, 5.74) is 2.75.